The Morgan fingerprint density at radius 1 is 1.19 bits per heavy atom. The molecule has 7 heteroatoms. The van der Waals surface area contributed by atoms with Gasteiger partial charge in [0.2, 0.25) is 5.91 Å². The van der Waals surface area contributed by atoms with Crippen molar-refractivity contribution in [2.75, 3.05) is 11.4 Å². The Labute approximate surface area is 213 Å². The van der Waals surface area contributed by atoms with Gasteiger partial charge in [-0.15, -0.1) is 0 Å². The number of hydrogen-bond donors (Lipinski definition) is 2. The molecule has 2 saturated carbocycles. The van der Waals surface area contributed by atoms with Crippen LogP contribution >= 0.6 is 0 Å². The van der Waals surface area contributed by atoms with Crippen LogP contribution in [0.4, 0.5) is 10.1 Å². The summed E-state index contributed by atoms with van der Waals surface area (Å²) in [5.74, 6) is -0.996. The average Bonchev–Trinajstić information content (AvgIpc) is 3.15. The van der Waals surface area contributed by atoms with Crippen molar-refractivity contribution in [3.8, 4) is 0 Å². The monoisotopic (exact) mass is 495 g/mol. The molecule has 2 aliphatic carbocycles. The molecule has 0 radical (unpaired) electrons. The summed E-state index contributed by atoms with van der Waals surface area (Å²) in [6.45, 7) is 5.81. The third-order valence-corrected chi connectivity index (χ3v) is 7.66. The van der Waals surface area contributed by atoms with Crippen molar-refractivity contribution in [2.24, 2.45) is 0 Å². The number of aliphatic hydroxyl groups excluding tert-OH is 1. The molecule has 194 valence electrons. The molecule has 3 aliphatic rings. The summed E-state index contributed by atoms with van der Waals surface area (Å²) in [4.78, 5) is 31.1. The van der Waals surface area contributed by atoms with Gasteiger partial charge in [0.05, 0.1) is 12.6 Å². The number of nitrogens with zero attached hydrogens (tertiary/aromatic N) is 2. The SMILES string of the molecule is C=CC1=C(/C=C\C)C(N(C(=O)CNC2CCCCC2O)c2cccc(F)c2)C(=O)N1C1CCCCC1. The van der Waals surface area contributed by atoms with Crippen LogP contribution in [-0.4, -0.2) is 52.6 Å². The topological polar surface area (TPSA) is 72.9 Å². The Kier molecular flexibility index (Phi) is 8.75. The molecule has 1 heterocycles. The molecule has 0 spiro atoms. The lowest BCUT2D eigenvalue weighted by molar-refractivity contribution is -0.132. The lowest BCUT2D eigenvalue weighted by atomic mass is 9.92. The standard InChI is InChI=1S/C29H38FN3O3/c1-3-11-23-25(4-2)32(21-13-6-5-7-14-21)29(36)28(23)33(22-15-10-12-20(30)18-22)27(35)19-31-24-16-8-9-17-26(24)34/h3-4,10-12,15,18,21,24,26,28,31,34H,2,5-9,13-14,16-17,19H2,1H3/b11-3-. The second kappa shape index (κ2) is 12.0. The van der Waals surface area contributed by atoms with E-state index in [9.17, 15) is 19.1 Å². The number of halogens is 1. The largest absolute Gasteiger partial charge is 0.392 e. The number of nitrogens with one attached hydrogen (secondary N) is 1. The number of hydrogen-bond acceptors (Lipinski definition) is 4. The van der Waals surface area contributed by atoms with Crippen molar-refractivity contribution in [3.63, 3.8) is 0 Å². The van der Waals surface area contributed by atoms with E-state index >= 15 is 0 Å². The molecule has 3 unspecified atom stereocenters. The lowest BCUT2D eigenvalue weighted by Crippen LogP contribution is -2.53. The zero-order chi connectivity index (χ0) is 25.7. The Balaban J connectivity index is 1.71. The molecule has 0 bridgehead atoms. The molecule has 1 aromatic carbocycles. The number of carbonyl (C=O) groups excluding carboxylic acids is 2. The van der Waals surface area contributed by atoms with Gasteiger partial charge in [0, 0.05) is 29.0 Å². The molecular formula is C29H38FN3O3. The Bertz CT molecular complexity index is 1030. The maximum atomic E-state index is 14.3. The second-order valence-electron chi connectivity index (χ2n) is 10.0. The first-order chi connectivity index (χ1) is 17.5. The van der Waals surface area contributed by atoms with Crippen LogP contribution < -0.4 is 10.2 Å². The van der Waals surface area contributed by atoms with Gasteiger partial charge in [-0.3, -0.25) is 14.5 Å². The highest BCUT2D eigenvalue weighted by Crippen LogP contribution is 2.38. The Hall–Kier alpha value is -2.77. The fraction of sp³-hybridized carbons (Fsp3) is 0.517. The van der Waals surface area contributed by atoms with E-state index in [0.717, 1.165) is 57.1 Å². The van der Waals surface area contributed by atoms with E-state index in [1.165, 1.54) is 17.0 Å². The van der Waals surface area contributed by atoms with E-state index in [1.807, 2.05) is 24.0 Å². The van der Waals surface area contributed by atoms with Crippen LogP contribution in [0.5, 0.6) is 0 Å². The Morgan fingerprint density at radius 3 is 2.58 bits per heavy atom. The van der Waals surface area contributed by atoms with Crippen molar-refractivity contribution < 1.29 is 19.1 Å². The van der Waals surface area contributed by atoms with Gasteiger partial charge >= 0.3 is 0 Å². The van der Waals surface area contributed by atoms with E-state index in [-0.39, 0.29) is 30.4 Å². The summed E-state index contributed by atoms with van der Waals surface area (Å²) in [5.41, 5.74) is 1.75. The van der Waals surface area contributed by atoms with Gasteiger partial charge in [0.15, 0.2) is 0 Å². The number of rotatable bonds is 8. The summed E-state index contributed by atoms with van der Waals surface area (Å²) >= 11 is 0. The Morgan fingerprint density at radius 2 is 1.92 bits per heavy atom. The molecule has 2 amide bonds. The minimum absolute atomic E-state index is 0.0575. The molecule has 36 heavy (non-hydrogen) atoms. The summed E-state index contributed by atoms with van der Waals surface area (Å²) in [6, 6.07) is 4.80. The highest BCUT2D eigenvalue weighted by molar-refractivity contribution is 6.06. The predicted molar refractivity (Wildman–Crippen MR) is 140 cm³/mol. The van der Waals surface area contributed by atoms with Crippen molar-refractivity contribution in [1.29, 1.82) is 0 Å². The third kappa shape index (κ3) is 5.47. The van der Waals surface area contributed by atoms with Gasteiger partial charge in [-0.05, 0) is 56.9 Å². The van der Waals surface area contributed by atoms with Gasteiger partial charge in [0.25, 0.3) is 5.91 Å². The van der Waals surface area contributed by atoms with Crippen LogP contribution in [0.3, 0.4) is 0 Å². The summed E-state index contributed by atoms with van der Waals surface area (Å²) in [6.07, 6.45) is 13.5. The first-order valence-corrected chi connectivity index (χ1v) is 13.3. The van der Waals surface area contributed by atoms with Crippen LogP contribution in [0.15, 0.2) is 60.3 Å². The molecule has 2 fully saturated rings. The van der Waals surface area contributed by atoms with Crippen LogP contribution in [0.25, 0.3) is 0 Å². The van der Waals surface area contributed by atoms with Crippen molar-refractivity contribution in [3.05, 3.63) is 66.2 Å². The van der Waals surface area contributed by atoms with Crippen LogP contribution in [-0.2, 0) is 9.59 Å². The van der Waals surface area contributed by atoms with E-state index in [4.69, 9.17) is 0 Å². The average molecular weight is 496 g/mol. The molecule has 3 atom stereocenters. The lowest BCUT2D eigenvalue weighted by Gasteiger charge is -2.35. The van der Waals surface area contributed by atoms with Crippen molar-refractivity contribution >= 4 is 17.5 Å². The summed E-state index contributed by atoms with van der Waals surface area (Å²) < 4.78 is 14.3. The van der Waals surface area contributed by atoms with E-state index < -0.39 is 18.0 Å². The quantitative estimate of drug-likeness (QED) is 0.552. The molecule has 4 rings (SSSR count). The van der Waals surface area contributed by atoms with Crippen molar-refractivity contribution in [2.45, 2.75) is 88.9 Å². The minimum Gasteiger partial charge on any atom is -0.392 e. The van der Waals surface area contributed by atoms with Crippen molar-refractivity contribution in [1.82, 2.24) is 10.2 Å². The molecule has 2 N–H and O–H groups in total. The number of amides is 2. The fourth-order valence-corrected chi connectivity index (χ4v) is 5.92. The van der Waals surface area contributed by atoms with Gasteiger partial charge in [0.1, 0.15) is 11.9 Å². The highest BCUT2D eigenvalue weighted by atomic mass is 19.1. The van der Waals surface area contributed by atoms with Crippen LogP contribution in [0, 0.1) is 5.82 Å². The zero-order valence-electron chi connectivity index (χ0n) is 21.2. The smallest absolute Gasteiger partial charge is 0.255 e. The maximum absolute atomic E-state index is 14.3. The first-order valence-electron chi connectivity index (χ1n) is 13.3. The normalized spacial score (nSPS) is 25.6. The van der Waals surface area contributed by atoms with Gasteiger partial charge in [-0.25, -0.2) is 4.39 Å². The van der Waals surface area contributed by atoms with E-state index in [2.05, 4.69) is 11.9 Å². The minimum atomic E-state index is -0.913. The van der Waals surface area contributed by atoms with E-state index in [1.54, 1.807) is 18.2 Å². The molecule has 1 aliphatic heterocycles. The van der Waals surface area contributed by atoms with Gasteiger partial charge in [-0.1, -0.05) is 56.9 Å². The maximum Gasteiger partial charge on any atom is 0.255 e. The molecule has 1 aromatic rings. The number of anilines is 1. The number of allylic oxidation sites excluding steroid dienone is 2. The van der Waals surface area contributed by atoms with Gasteiger partial charge in [-0.2, -0.15) is 0 Å². The van der Waals surface area contributed by atoms with E-state index in [0.29, 0.717) is 17.7 Å². The van der Waals surface area contributed by atoms with Gasteiger partial charge < -0.3 is 15.3 Å². The second-order valence-corrected chi connectivity index (χ2v) is 10.0. The number of benzene rings is 1. The number of aliphatic hydroxyl groups is 1. The molecule has 0 saturated heterocycles. The summed E-state index contributed by atoms with van der Waals surface area (Å²) in [7, 11) is 0. The number of carbonyl (C=O) groups is 2. The predicted octanol–water partition coefficient (Wildman–Crippen LogP) is 4.61. The third-order valence-electron chi connectivity index (χ3n) is 7.66. The molecule has 0 aromatic heterocycles. The molecular weight excluding hydrogens is 457 g/mol. The first kappa shape index (κ1) is 26.3. The highest BCUT2D eigenvalue weighted by Gasteiger charge is 2.46. The summed E-state index contributed by atoms with van der Waals surface area (Å²) in [5, 5.41) is 13.6. The van der Waals surface area contributed by atoms with Crippen LogP contribution in [0.2, 0.25) is 0 Å². The van der Waals surface area contributed by atoms with Crippen LogP contribution in [0.1, 0.15) is 64.7 Å². The fourth-order valence-electron chi connectivity index (χ4n) is 5.92. The zero-order valence-corrected chi connectivity index (χ0v) is 21.2. The molecule has 6 nitrogen and oxygen atoms in total.